The molecule has 0 saturated heterocycles. The first-order chi connectivity index (χ1) is 7.76. The molecule has 1 aromatic heterocycles. The summed E-state index contributed by atoms with van der Waals surface area (Å²) >= 11 is 0. The fourth-order valence-electron chi connectivity index (χ4n) is 1.15. The summed E-state index contributed by atoms with van der Waals surface area (Å²) in [4.78, 5) is 37.4. The molecule has 0 aromatic carbocycles. The molecule has 0 bridgehead atoms. The fourth-order valence-corrected chi connectivity index (χ4v) is 1.15. The van der Waals surface area contributed by atoms with Gasteiger partial charge in [0.1, 0.15) is 11.2 Å². The molecule has 1 aromatic rings. The Morgan fingerprint density at radius 1 is 1.35 bits per heavy atom. The molecule has 6 nitrogen and oxygen atoms in total. The highest BCUT2D eigenvalue weighted by atomic mass is 16.4. The van der Waals surface area contributed by atoms with Crippen LogP contribution in [0, 0.1) is 0 Å². The van der Waals surface area contributed by atoms with Gasteiger partial charge in [-0.1, -0.05) is 6.07 Å². The molecule has 0 atom stereocenters. The average molecular weight is 238 g/mol. The van der Waals surface area contributed by atoms with Gasteiger partial charge in [0.05, 0.1) is 0 Å². The first-order valence-corrected chi connectivity index (χ1v) is 4.97. The molecular weight excluding hydrogens is 224 g/mol. The van der Waals surface area contributed by atoms with Crippen LogP contribution >= 0.6 is 0 Å². The minimum absolute atomic E-state index is 0.0642. The highest BCUT2D eigenvalue weighted by molar-refractivity contribution is 5.95. The number of likely N-dealkylation sites (N-methyl/N-ethyl adjacent to an activating group) is 1. The molecule has 0 fully saturated rings. The second-order valence-electron chi connectivity index (χ2n) is 4.16. The summed E-state index contributed by atoms with van der Waals surface area (Å²) in [7, 11) is 1.38. The number of aromatic nitrogens is 1. The Kier molecular flexibility index (Phi) is 3.36. The Labute approximate surface area is 97.9 Å². The van der Waals surface area contributed by atoms with Crippen molar-refractivity contribution in [3.63, 3.8) is 0 Å². The Bertz CT molecular complexity index is 504. The maximum Gasteiger partial charge on any atom is 0.329 e. The second-order valence-corrected chi connectivity index (χ2v) is 4.16. The third kappa shape index (κ3) is 2.52. The minimum Gasteiger partial charge on any atom is -0.480 e. The van der Waals surface area contributed by atoms with Crippen molar-refractivity contribution in [2.24, 2.45) is 0 Å². The summed E-state index contributed by atoms with van der Waals surface area (Å²) < 4.78 is 0. The van der Waals surface area contributed by atoms with E-state index < -0.39 is 23.0 Å². The van der Waals surface area contributed by atoms with Crippen molar-refractivity contribution >= 4 is 11.9 Å². The molecule has 0 radical (unpaired) electrons. The first-order valence-electron chi connectivity index (χ1n) is 4.97. The fraction of sp³-hybridized carbons (Fsp3) is 0.364. The van der Waals surface area contributed by atoms with Crippen LogP contribution in [-0.2, 0) is 4.79 Å². The van der Waals surface area contributed by atoms with Gasteiger partial charge in [0.15, 0.2) is 0 Å². The topological polar surface area (TPSA) is 90.5 Å². The quantitative estimate of drug-likeness (QED) is 0.792. The monoisotopic (exact) mass is 238 g/mol. The number of carboxylic acids is 1. The summed E-state index contributed by atoms with van der Waals surface area (Å²) in [5.41, 5.74) is -1.68. The van der Waals surface area contributed by atoms with Crippen molar-refractivity contribution in [1.29, 1.82) is 0 Å². The average Bonchev–Trinajstić information content (AvgIpc) is 2.26. The normalized spacial score (nSPS) is 11.0. The lowest BCUT2D eigenvalue weighted by molar-refractivity contribution is -0.147. The van der Waals surface area contributed by atoms with E-state index in [1.165, 1.54) is 39.1 Å². The van der Waals surface area contributed by atoms with E-state index in [2.05, 4.69) is 4.98 Å². The number of H-pyrrole nitrogens is 1. The van der Waals surface area contributed by atoms with Gasteiger partial charge in [-0.3, -0.25) is 9.59 Å². The molecule has 0 aliphatic rings. The maximum atomic E-state index is 11.9. The smallest absolute Gasteiger partial charge is 0.329 e. The number of carbonyl (C=O) groups is 2. The van der Waals surface area contributed by atoms with E-state index in [0.29, 0.717) is 0 Å². The largest absolute Gasteiger partial charge is 0.480 e. The Hall–Kier alpha value is -2.11. The van der Waals surface area contributed by atoms with E-state index in [1.54, 1.807) is 0 Å². The Morgan fingerprint density at radius 2 is 1.94 bits per heavy atom. The highest BCUT2D eigenvalue weighted by Gasteiger charge is 2.35. The van der Waals surface area contributed by atoms with E-state index >= 15 is 0 Å². The molecule has 2 N–H and O–H groups in total. The molecule has 6 heteroatoms. The van der Waals surface area contributed by atoms with Crippen molar-refractivity contribution < 1.29 is 14.7 Å². The number of nitrogens with one attached hydrogen (secondary N) is 1. The maximum absolute atomic E-state index is 11.9. The van der Waals surface area contributed by atoms with Crippen LogP contribution in [-0.4, -0.2) is 39.5 Å². The third-order valence-electron chi connectivity index (χ3n) is 2.67. The van der Waals surface area contributed by atoms with E-state index in [0.717, 1.165) is 4.90 Å². The second kappa shape index (κ2) is 4.40. The lowest BCUT2D eigenvalue weighted by Gasteiger charge is -2.31. The predicted octanol–water partition coefficient (Wildman–Crippen LogP) is 0.310. The SMILES string of the molecule is CN(C(=O)c1cccc(=O)[nH]1)C(C)(C)C(=O)O. The zero-order valence-corrected chi connectivity index (χ0v) is 9.85. The van der Waals surface area contributed by atoms with E-state index in [-0.39, 0.29) is 5.69 Å². The van der Waals surface area contributed by atoms with Crippen LogP contribution in [0.4, 0.5) is 0 Å². The highest BCUT2D eigenvalue weighted by Crippen LogP contribution is 2.14. The zero-order valence-electron chi connectivity index (χ0n) is 9.85. The third-order valence-corrected chi connectivity index (χ3v) is 2.67. The standard InChI is InChI=1S/C11H14N2O4/c1-11(2,10(16)17)13(3)9(15)7-5-4-6-8(14)12-7/h4-6H,1-3H3,(H,12,14)(H,16,17). The molecule has 92 valence electrons. The van der Waals surface area contributed by atoms with Crippen molar-refractivity contribution in [1.82, 2.24) is 9.88 Å². The van der Waals surface area contributed by atoms with E-state index in [1.807, 2.05) is 0 Å². The van der Waals surface area contributed by atoms with Crippen molar-refractivity contribution in [3.05, 3.63) is 34.2 Å². The number of nitrogens with zero attached hydrogens (tertiary/aromatic N) is 1. The molecule has 1 heterocycles. The van der Waals surface area contributed by atoms with Crippen LogP contribution in [0.25, 0.3) is 0 Å². The number of carboxylic acid groups (broad SMARTS) is 1. The number of pyridine rings is 1. The van der Waals surface area contributed by atoms with Gasteiger partial charge in [-0.25, -0.2) is 4.79 Å². The number of hydrogen-bond donors (Lipinski definition) is 2. The van der Waals surface area contributed by atoms with Gasteiger partial charge >= 0.3 is 5.97 Å². The van der Waals surface area contributed by atoms with Crippen molar-refractivity contribution in [2.45, 2.75) is 19.4 Å². The molecule has 0 aliphatic heterocycles. The van der Waals surface area contributed by atoms with Crippen molar-refractivity contribution in [3.8, 4) is 0 Å². The summed E-state index contributed by atoms with van der Waals surface area (Å²) in [5, 5.41) is 9.00. The lowest BCUT2D eigenvalue weighted by Crippen LogP contribution is -2.51. The number of hydrogen-bond acceptors (Lipinski definition) is 3. The van der Waals surface area contributed by atoms with Crippen LogP contribution in [0.5, 0.6) is 0 Å². The molecule has 0 spiro atoms. The van der Waals surface area contributed by atoms with Gasteiger partial charge in [0.25, 0.3) is 5.91 Å². The molecule has 0 aliphatic carbocycles. The molecule has 1 amide bonds. The number of carbonyl (C=O) groups excluding carboxylic acids is 1. The summed E-state index contributed by atoms with van der Waals surface area (Å²) in [6.45, 7) is 2.82. The predicted molar refractivity (Wildman–Crippen MR) is 60.9 cm³/mol. The number of aromatic amines is 1. The summed E-state index contributed by atoms with van der Waals surface area (Å²) in [5.74, 6) is -1.67. The van der Waals surface area contributed by atoms with Gasteiger partial charge in [0.2, 0.25) is 5.56 Å². The molecule has 0 saturated carbocycles. The van der Waals surface area contributed by atoms with E-state index in [4.69, 9.17) is 5.11 Å². The summed E-state index contributed by atoms with van der Waals surface area (Å²) in [6, 6.07) is 4.14. The van der Waals surface area contributed by atoms with Crippen LogP contribution in [0.15, 0.2) is 23.0 Å². The first kappa shape index (κ1) is 13.0. The number of aliphatic carboxylic acids is 1. The molecule has 0 unspecified atom stereocenters. The Morgan fingerprint density at radius 3 is 2.41 bits per heavy atom. The van der Waals surface area contributed by atoms with Crippen molar-refractivity contribution in [2.75, 3.05) is 7.05 Å². The lowest BCUT2D eigenvalue weighted by atomic mass is 10.0. The van der Waals surface area contributed by atoms with Gasteiger partial charge < -0.3 is 15.0 Å². The molecule has 1 rings (SSSR count). The van der Waals surface area contributed by atoms with Gasteiger partial charge in [-0.2, -0.15) is 0 Å². The number of amides is 1. The number of rotatable bonds is 3. The van der Waals surface area contributed by atoms with Crippen LogP contribution in [0.3, 0.4) is 0 Å². The van der Waals surface area contributed by atoms with Crippen LogP contribution in [0.2, 0.25) is 0 Å². The van der Waals surface area contributed by atoms with Crippen LogP contribution < -0.4 is 5.56 Å². The van der Waals surface area contributed by atoms with Gasteiger partial charge in [-0.15, -0.1) is 0 Å². The Balaban J connectivity index is 3.06. The van der Waals surface area contributed by atoms with Crippen LogP contribution in [0.1, 0.15) is 24.3 Å². The molecule has 17 heavy (non-hydrogen) atoms. The molecular formula is C11H14N2O4. The summed E-state index contributed by atoms with van der Waals surface area (Å²) in [6.07, 6.45) is 0. The van der Waals surface area contributed by atoms with E-state index in [9.17, 15) is 14.4 Å². The zero-order chi connectivity index (χ0) is 13.2. The van der Waals surface area contributed by atoms with Gasteiger partial charge in [0, 0.05) is 13.1 Å². The minimum atomic E-state index is -1.34. The van der Waals surface area contributed by atoms with Gasteiger partial charge in [-0.05, 0) is 19.9 Å².